The number of halogens is 3. The fourth-order valence-electron chi connectivity index (χ4n) is 2.30. The number of carbonyl (C=O) groups excluding carboxylic acids is 1. The number of carbonyl (C=O) groups is 1. The number of alkyl halides is 3. The first-order valence-electron chi connectivity index (χ1n) is 7.87. The zero-order valence-corrected chi connectivity index (χ0v) is 14.3. The van der Waals surface area contributed by atoms with Gasteiger partial charge in [0.25, 0.3) is 5.91 Å². The number of unbranched alkanes of at least 4 members (excludes halogenated alkanes) is 1. The van der Waals surface area contributed by atoms with E-state index < -0.39 is 18.0 Å². The number of nitrogens with one attached hydrogen (secondary N) is 1. The van der Waals surface area contributed by atoms with Crippen molar-refractivity contribution in [3.05, 3.63) is 30.0 Å². The second-order valence-corrected chi connectivity index (χ2v) is 5.34. The molecule has 0 fully saturated rings. The standard InChI is InChI=1S/C16H19F3N4O3/c1-3-4-8-23-12(13(20)24)14(21-2)22-15(23)25-10-6-5-7-11(9-10)26-16(17,18)19/h5-7,9,21H,3-4,8H2,1-2H3,(H2,20,24). The Bertz CT molecular complexity index is 775. The number of anilines is 1. The molecule has 2 rings (SSSR count). The summed E-state index contributed by atoms with van der Waals surface area (Å²) >= 11 is 0. The first-order chi connectivity index (χ1) is 12.2. The van der Waals surface area contributed by atoms with E-state index in [1.807, 2.05) is 6.92 Å². The summed E-state index contributed by atoms with van der Waals surface area (Å²) in [7, 11) is 1.57. The molecule has 7 nitrogen and oxygen atoms in total. The maximum Gasteiger partial charge on any atom is 0.573 e. The number of aromatic nitrogens is 2. The topological polar surface area (TPSA) is 91.4 Å². The average molecular weight is 372 g/mol. The van der Waals surface area contributed by atoms with Crippen LogP contribution < -0.4 is 20.5 Å². The maximum atomic E-state index is 12.4. The van der Waals surface area contributed by atoms with Gasteiger partial charge >= 0.3 is 12.4 Å². The Morgan fingerprint density at radius 3 is 2.62 bits per heavy atom. The van der Waals surface area contributed by atoms with Gasteiger partial charge in [0.2, 0.25) is 0 Å². The van der Waals surface area contributed by atoms with E-state index in [4.69, 9.17) is 10.5 Å². The minimum atomic E-state index is -4.81. The molecule has 0 aliphatic rings. The lowest BCUT2D eigenvalue weighted by Gasteiger charge is -2.12. The van der Waals surface area contributed by atoms with Crippen molar-refractivity contribution in [2.75, 3.05) is 12.4 Å². The van der Waals surface area contributed by atoms with E-state index in [9.17, 15) is 18.0 Å². The molecule has 0 spiro atoms. The van der Waals surface area contributed by atoms with Crippen molar-refractivity contribution in [3.63, 3.8) is 0 Å². The number of rotatable bonds is 8. The number of nitrogens with zero attached hydrogens (tertiary/aromatic N) is 2. The predicted molar refractivity (Wildman–Crippen MR) is 88.4 cm³/mol. The number of ether oxygens (including phenoxy) is 2. The molecular formula is C16H19F3N4O3. The summed E-state index contributed by atoms with van der Waals surface area (Å²) in [6, 6.07) is 5.07. The fraction of sp³-hybridized carbons (Fsp3) is 0.375. The molecule has 1 aromatic carbocycles. The van der Waals surface area contributed by atoms with Gasteiger partial charge in [0, 0.05) is 19.7 Å². The molecule has 0 atom stereocenters. The molecule has 26 heavy (non-hydrogen) atoms. The van der Waals surface area contributed by atoms with Gasteiger partial charge in [-0.2, -0.15) is 4.98 Å². The van der Waals surface area contributed by atoms with E-state index in [2.05, 4.69) is 15.0 Å². The van der Waals surface area contributed by atoms with Crippen LogP contribution in [0.1, 0.15) is 30.3 Å². The number of primary amides is 1. The van der Waals surface area contributed by atoms with Crippen LogP contribution in [0, 0.1) is 0 Å². The number of nitrogens with two attached hydrogens (primary N) is 1. The summed E-state index contributed by atoms with van der Waals surface area (Å²) in [6.45, 7) is 2.38. The SMILES string of the molecule is CCCCn1c(Oc2cccc(OC(F)(F)F)c2)nc(NC)c1C(N)=O. The Hall–Kier alpha value is -2.91. The van der Waals surface area contributed by atoms with Gasteiger partial charge in [-0.1, -0.05) is 19.4 Å². The number of amides is 1. The van der Waals surface area contributed by atoms with Crippen molar-refractivity contribution in [1.29, 1.82) is 0 Å². The molecule has 1 aromatic heterocycles. The summed E-state index contributed by atoms with van der Waals surface area (Å²) in [5, 5.41) is 2.76. The summed E-state index contributed by atoms with van der Waals surface area (Å²) in [5.74, 6) is -0.813. The van der Waals surface area contributed by atoms with E-state index in [0.717, 1.165) is 25.0 Å². The first kappa shape index (κ1) is 19.4. The lowest BCUT2D eigenvalue weighted by atomic mass is 10.3. The minimum Gasteiger partial charge on any atom is -0.425 e. The molecule has 0 unspecified atom stereocenters. The number of benzene rings is 1. The van der Waals surface area contributed by atoms with E-state index in [-0.39, 0.29) is 23.3 Å². The lowest BCUT2D eigenvalue weighted by Crippen LogP contribution is -2.19. The van der Waals surface area contributed by atoms with Gasteiger partial charge < -0.3 is 20.5 Å². The molecule has 1 amide bonds. The molecule has 0 aliphatic heterocycles. The smallest absolute Gasteiger partial charge is 0.425 e. The van der Waals surface area contributed by atoms with Crippen LogP contribution in [0.15, 0.2) is 24.3 Å². The molecule has 0 saturated carbocycles. The van der Waals surface area contributed by atoms with Crippen molar-refractivity contribution in [3.8, 4) is 17.5 Å². The molecule has 3 N–H and O–H groups in total. The monoisotopic (exact) mass is 372 g/mol. The molecular weight excluding hydrogens is 353 g/mol. The van der Waals surface area contributed by atoms with E-state index in [0.29, 0.717) is 6.54 Å². The number of hydrogen-bond acceptors (Lipinski definition) is 5. The van der Waals surface area contributed by atoms with Gasteiger partial charge in [-0.15, -0.1) is 13.2 Å². The fourth-order valence-corrected chi connectivity index (χ4v) is 2.30. The first-order valence-corrected chi connectivity index (χ1v) is 7.87. The van der Waals surface area contributed by atoms with Crippen molar-refractivity contribution in [2.24, 2.45) is 5.73 Å². The zero-order chi connectivity index (χ0) is 19.3. The summed E-state index contributed by atoms with van der Waals surface area (Å²) in [6.07, 6.45) is -3.23. The van der Waals surface area contributed by atoms with Crippen LogP contribution in [0.25, 0.3) is 0 Å². The number of imidazole rings is 1. The number of hydrogen-bond donors (Lipinski definition) is 2. The van der Waals surface area contributed by atoms with Crippen LogP contribution in [0.3, 0.4) is 0 Å². The highest BCUT2D eigenvalue weighted by atomic mass is 19.4. The van der Waals surface area contributed by atoms with Crippen LogP contribution in [-0.4, -0.2) is 28.9 Å². The second kappa shape index (κ2) is 7.98. The van der Waals surface area contributed by atoms with Crippen molar-refractivity contribution in [2.45, 2.75) is 32.7 Å². The average Bonchev–Trinajstić information content (AvgIpc) is 2.89. The molecule has 0 saturated heterocycles. The van der Waals surface area contributed by atoms with Gasteiger partial charge in [0.15, 0.2) is 11.5 Å². The molecule has 2 aromatic rings. The van der Waals surface area contributed by atoms with Gasteiger partial charge in [-0.05, 0) is 18.6 Å². The predicted octanol–water partition coefficient (Wildman–Crippen LogP) is 3.51. The lowest BCUT2D eigenvalue weighted by molar-refractivity contribution is -0.274. The normalized spacial score (nSPS) is 11.3. The zero-order valence-electron chi connectivity index (χ0n) is 14.3. The van der Waals surface area contributed by atoms with Crippen LogP contribution in [-0.2, 0) is 6.54 Å². The van der Waals surface area contributed by atoms with E-state index in [1.54, 1.807) is 7.05 Å². The van der Waals surface area contributed by atoms with E-state index in [1.165, 1.54) is 16.7 Å². The summed E-state index contributed by atoms with van der Waals surface area (Å²) in [4.78, 5) is 15.9. The highest BCUT2D eigenvalue weighted by Crippen LogP contribution is 2.31. The third kappa shape index (κ3) is 4.80. The second-order valence-electron chi connectivity index (χ2n) is 5.34. The third-order valence-corrected chi connectivity index (χ3v) is 3.39. The van der Waals surface area contributed by atoms with Crippen LogP contribution in [0.2, 0.25) is 0 Å². The molecule has 10 heteroatoms. The Balaban J connectivity index is 2.36. The van der Waals surface area contributed by atoms with Crippen LogP contribution in [0.4, 0.5) is 19.0 Å². The molecule has 1 heterocycles. The highest BCUT2D eigenvalue weighted by Gasteiger charge is 2.31. The van der Waals surface area contributed by atoms with Crippen molar-refractivity contribution in [1.82, 2.24) is 9.55 Å². The van der Waals surface area contributed by atoms with Gasteiger partial charge in [-0.3, -0.25) is 9.36 Å². The molecule has 142 valence electrons. The minimum absolute atomic E-state index is 0.0424. The van der Waals surface area contributed by atoms with Crippen molar-refractivity contribution < 1.29 is 27.4 Å². The Morgan fingerprint density at radius 2 is 2.04 bits per heavy atom. The van der Waals surface area contributed by atoms with Crippen LogP contribution >= 0.6 is 0 Å². The Morgan fingerprint density at radius 1 is 1.35 bits per heavy atom. The summed E-state index contributed by atoms with van der Waals surface area (Å²) < 4.78 is 48.0. The third-order valence-electron chi connectivity index (χ3n) is 3.39. The molecule has 0 bridgehead atoms. The van der Waals surface area contributed by atoms with Gasteiger partial charge in [0.05, 0.1) is 0 Å². The largest absolute Gasteiger partial charge is 0.573 e. The quantitative estimate of drug-likeness (QED) is 0.740. The van der Waals surface area contributed by atoms with Gasteiger partial charge in [0.1, 0.15) is 11.5 Å². The maximum absolute atomic E-state index is 12.4. The molecule has 0 radical (unpaired) electrons. The Labute approximate surface area is 147 Å². The Kier molecular flexibility index (Phi) is 5.96. The van der Waals surface area contributed by atoms with Crippen molar-refractivity contribution >= 4 is 11.7 Å². The molecule has 0 aliphatic carbocycles. The van der Waals surface area contributed by atoms with Crippen LogP contribution in [0.5, 0.6) is 17.5 Å². The van der Waals surface area contributed by atoms with Gasteiger partial charge in [-0.25, -0.2) is 0 Å². The highest BCUT2D eigenvalue weighted by molar-refractivity contribution is 5.96. The van der Waals surface area contributed by atoms with E-state index >= 15 is 0 Å². The summed E-state index contributed by atoms with van der Waals surface area (Å²) in [5.41, 5.74) is 5.56.